The van der Waals surface area contributed by atoms with E-state index in [1.807, 2.05) is 0 Å². The van der Waals surface area contributed by atoms with Gasteiger partial charge in [-0.25, -0.2) is 0 Å². The van der Waals surface area contributed by atoms with Crippen LogP contribution in [0.25, 0.3) is 0 Å². The van der Waals surface area contributed by atoms with E-state index in [1.54, 1.807) is 0 Å². The Bertz CT molecular complexity index is 410. The lowest BCUT2D eigenvalue weighted by Crippen LogP contribution is -2.46. The molecule has 0 spiro atoms. The number of rotatable bonds is 1. The van der Waals surface area contributed by atoms with E-state index >= 15 is 0 Å². The predicted molar refractivity (Wildman–Crippen MR) is 67.4 cm³/mol. The first-order chi connectivity index (χ1) is 8.19. The molecule has 4 N–H and O–H groups in total. The third kappa shape index (κ3) is 1.88. The third-order valence-electron chi connectivity index (χ3n) is 4.30. The molecule has 1 saturated carbocycles. The van der Waals surface area contributed by atoms with Crippen LogP contribution in [-0.4, -0.2) is 16.7 Å². The van der Waals surface area contributed by atoms with Gasteiger partial charge in [-0.15, -0.1) is 0 Å². The zero-order valence-electron chi connectivity index (χ0n) is 10.0. The number of nitrogens with two attached hydrogens (primary N) is 1. The Balaban J connectivity index is 1.86. The Morgan fingerprint density at radius 2 is 1.94 bits per heavy atom. The molecule has 1 fully saturated rings. The predicted octanol–water partition coefficient (Wildman–Crippen LogP) is 1.46. The molecule has 0 saturated heterocycles. The van der Waals surface area contributed by atoms with Crippen LogP contribution in [0.4, 0.5) is 0 Å². The number of benzene rings is 1. The first-order valence-corrected chi connectivity index (χ1v) is 6.48. The molecular formula is C14H20N2O. The van der Waals surface area contributed by atoms with Crippen molar-refractivity contribution in [2.24, 2.45) is 5.73 Å². The van der Waals surface area contributed by atoms with Gasteiger partial charge in [-0.05, 0) is 36.8 Å². The van der Waals surface area contributed by atoms with Crippen LogP contribution in [0.3, 0.4) is 0 Å². The SMILES string of the molecule is NC1CCC(O)(C2NCc3ccccc32)CC1. The van der Waals surface area contributed by atoms with Crippen LogP contribution >= 0.6 is 0 Å². The summed E-state index contributed by atoms with van der Waals surface area (Å²) in [6.45, 7) is 0.870. The molecule has 3 nitrogen and oxygen atoms in total. The normalized spacial score (nSPS) is 36.8. The van der Waals surface area contributed by atoms with Crippen LogP contribution in [0.1, 0.15) is 42.9 Å². The summed E-state index contributed by atoms with van der Waals surface area (Å²) in [5, 5.41) is 14.3. The van der Waals surface area contributed by atoms with Crippen molar-refractivity contribution in [2.45, 2.75) is 49.9 Å². The van der Waals surface area contributed by atoms with Gasteiger partial charge in [0.15, 0.2) is 0 Å². The largest absolute Gasteiger partial charge is 0.388 e. The average molecular weight is 232 g/mol. The van der Waals surface area contributed by atoms with Crippen LogP contribution in [-0.2, 0) is 6.54 Å². The van der Waals surface area contributed by atoms with Gasteiger partial charge in [-0.1, -0.05) is 24.3 Å². The minimum Gasteiger partial charge on any atom is -0.388 e. The topological polar surface area (TPSA) is 58.3 Å². The highest BCUT2D eigenvalue weighted by Gasteiger charge is 2.42. The zero-order chi connectivity index (χ0) is 11.9. The summed E-state index contributed by atoms with van der Waals surface area (Å²) in [5.74, 6) is 0. The van der Waals surface area contributed by atoms with Gasteiger partial charge in [0.05, 0.1) is 11.6 Å². The van der Waals surface area contributed by atoms with Gasteiger partial charge in [0, 0.05) is 12.6 Å². The smallest absolute Gasteiger partial charge is 0.0842 e. The van der Waals surface area contributed by atoms with Crippen LogP contribution in [0, 0.1) is 0 Å². The van der Waals surface area contributed by atoms with E-state index in [-0.39, 0.29) is 12.1 Å². The lowest BCUT2D eigenvalue weighted by molar-refractivity contribution is -0.0323. The molecule has 1 unspecified atom stereocenters. The number of nitrogens with one attached hydrogen (secondary N) is 1. The van der Waals surface area contributed by atoms with Gasteiger partial charge >= 0.3 is 0 Å². The first-order valence-electron chi connectivity index (χ1n) is 6.48. The fourth-order valence-electron chi connectivity index (χ4n) is 3.21. The number of fused-ring (bicyclic) bond motifs is 1. The van der Waals surface area contributed by atoms with Crippen molar-refractivity contribution in [1.29, 1.82) is 0 Å². The van der Waals surface area contributed by atoms with Gasteiger partial charge in [0.1, 0.15) is 0 Å². The molecule has 0 aromatic heterocycles. The van der Waals surface area contributed by atoms with Gasteiger partial charge in [0.2, 0.25) is 0 Å². The second-order valence-electron chi connectivity index (χ2n) is 5.45. The van der Waals surface area contributed by atoms with Gasteiger partial charge in [-0.3, -0.25) is 0 Å². The molecule has 0 bridgehead atoms. The molecule has 1 aromatic carbocycles. The molecule has 3 rings (SSSR count). The van der Waals surface area contributed by atoms with Crippen molar-refractivity contribution in [3.05, 3.63) is 35.4 Å². The molecule has 92 valence electrons. The summed E-state index contributed by atoms with van der Waals surface area (Å²) in [6.07, 6.45) is 3.47. The Morgan fingerprint density at radius 1 is 1.24 bits per heavy atom. The van der Waals surface area contributed by atoms with Crippen molar-refractivity contribution in [1.82, 2.24) is 5.32 Å². The second-order valence-corrected chi connectivity index (χ2v) is 5.45. The van der Waals surface area contributed by atoms with Crippen molar-refractivity contribution >= 4 is 0 Å². The molecule has 2 aliphatic rings. The van der Waals surface area contributed by atoms with E-state index in [4.69, 9.17) is 5.73 Å². The van der Waals surface area contributed by atoms with Crippen LogP contribution in [0.2, 0.25) is 0 Å². The molecule has 17 heavy (non-hydrogen) atoms. The third-order valence-corrected chi connectivity index (χ3v) is 4.30. The maximum Gasteiger partial charge on any atom is 0.0842 e. The van der Waals surface area contributed by atoms with E-state index in [0.29, 0.717) is 0 Å². The molecule has 1 heterocycles. The molecular weight excluding hydrogens is 212 g/mol. The van der Waals surface area contributed by atoms with Gasteiger partial charge in [0.25, 0.3) is 0 Å². The molecule has 1 aliphatic carbocycles. The number of hydrogen-bond donors (Lipinski definition) is 3. The van der Waals surface area contributed by atoms with E-state index < -0.39 is 5.60 Å². The van der Waals surface area contributed by atoms with Crippen molar-refractivity contribution in [2.75, 3.05) is 0 Å². The first kappa shape index (κ1) is 11.2. The minimum absolute atomic E-state index is 0.0891. The monoisotopic (exact) mass is 232 g/mol. The highest BCUT2D eigenvalue weighted by atomic mass is 16.3. The van der Waals surface area contributed by atoms with E-state index in [9.17, 15) is 5.11 Å². The molecule has 3 heteroatoms. The summed E-state index contributed by atoms with van der Waals surface area (Å²) in [7, 11) is 0. The van der Waals surface area contributed by atoms with E-state index in [2.05, 4.69) is 29.6 Å². The summed E-state index contributed by atoms with van der Waals surface area (Å²) >= 11 is 0. The van der Waals surface area contributed by atoms with E-state index in [1.165, 1.54) is 11.1 Å². The maximum atomic E-state index is 10.8. The number of aliphatic hydroxyl groups is 1. The fraction of sp³-hybridized carbons (Fsp3) is 0.571. The Hall–Kier alpha value is -0.900. The molecule has 1 aliphatic heterocycles. The highest BCUT2D eigenvalue weighted by Crippen LogP contribution is 2.41. The van der Waals surface area contributed by atoms with Crippen LogP contribution < -0.4 is 11.1 Å². The van der Waals surface area contributed by atoms with E-state index in [0.717, 1.165) is 32.2 Å². The molecule has 1 atom stereocenters. The molecule has 0 amide bonds. The van der Waals surface area contributed by atoms with Crippen molar-refractivity contribution < 1.29 is 5.11 Å². The average Bonchev–Trinajstić information content (AvgIpc) is 2.78. The Labute approximate surface area is 102 Å². The van der Waals surface area contributed by atoms with Gasteiger partial charge in [-0.2, -0.15) is 0 Å². The standard InChI is InChI=1S/C14H20N2O/c15-11-5-7-14(17,8-6-11)13-12-4-2-1-3-10(12)9-16-13/h1-4,11,13,16-17H,5-9,15H2. The summed E-state index contributed by atoms with van der Waals surface area (Å²) in [6, 6.07) is 8.74. The Kier molecular flexibility index (Phi) is 2.69. The summed E-state index contributed by atoms with van der Waals surface area (Å²) in [4.78, 5) is 0. The van der Waals surface area contributed by atoms with Crippen molar-refractivity contribution in [3.8, 4) is 0 Å². The second kappa shape index (κ2) is 4.09. The quantitative estimate of drug-likeness (QED) is 0.687. The summed E-state index contributed by atoms with van der Waals surface area (Å²) < 4.78 is 0. The summed E-state index contributed by atoms with van der Waals surface area (Å²) in [5.41, 5.74) is 7.90. The molecule has 0 radical (unpaired) electrons. The van der Waals surface area contributed by atoms with Crippen molar-refractivity contribution in [3.63, 3.8) is 0 Å². The van der Waals surface area contributed by atoms with Crippen LogP contribution in [0.5, 0.6) is 0 Å². The van der Waals surface area contributed by atoms with Gasteiger partial charge < -0.3 is 16.2 Å². The lowest BCUT2D eigenvalue weighted by atomic mass is 9.76. The minimum atomic E-state index is -0.609. The maximum absolute atomic E-state index is 10.8. The fourth-order valence-corrected chi connectivity index (χ4v) is 3.21. The van der Waals surface area contributed by atoms with Crippen LogP contribution in [0.15, 0.2) is 24.3 Å². The Morgan fingerprint density at radius 3 is 2.71 bits per heavy atom. The highest BCUT2D eigenvalue weighted by molar-refractivity contribution is 5.36. The number of hydrogen-bond acceptors (Lipinski definition) is 3. The zero-order valence-corrected chi connectivity index (χ0v) is 10.0. The molecule has 1 aromatic rings. The lowest BCUT2D eigenvalue weighted by Gasteiger charge is -2.39.